The van der Waals surface area contributed by atoms with Crippen LogP contribution in [0.2, 0.25) is 0 Å². The Bertz CT molecular complexity index is 1410. The summed E-state index contributed by atoms with van der Waals surface area (Å²) < 4.78 is 12.3. The molecule has 0 radical (unpaired) electrons. The molecule has 10 heteroatoms. The highest BCUT2D eigenvalue weighted by Gasteiger charge is 2.20. The first-order valence-corrected chi connectivity index (χ1v) is 12.1. The van der Waals surface area contributed by atoms with Crippen molar-refractivity contribution in [1.82, 2.24) is 14.5 Å². The zero-order valence-electron chi connectivity index (χ0n) is 20.7. The van der Waals surface area contributed by atoms with Crippen molar-refractivity contribution in [3.63, 3.8) is 0 Å². The summed E-state index contributed by atoms with van der Waals surface area (Å²) in [7, 11) is 1.32. The molecule has 1 aliphatic heterocycles. The second-order valence-electron chi connectivity index (χ2n) is 8.53. The van der Waals surface area contributed by atoms with Crippen LogP contribution in [0.5, 0.6) is 0 Å². The molecule has 0 bridgehead atoms. The average molecular weight is 501 g/mol. The van der Waals surface area contributed by atoms with Crippen LogP contribution in [0.15, 0.2) is 60.8 Å². The number of esters is 1. The number of fused-ring (bicyclic) bond motifs is 1. The van der Waals surface area contributed by atoms with E-state index in [-0.39, 0.29) is 0 Å². The summed E-state index contributed by atoms with van der Waals surface area (Å²) >= 11 is 0. The highest BCUT2D eigenvalue weighted by Crippen LogP contribution is 2.29. The lowest BCUT2D eigenvalue weighted by atomic mass is 10.2. The molecule has 0 saturated carbocycles. The van der Waals surface area contributed by atoms with Crippen LogP contribution in [0.25, 0.3) is 22.4 Å². The van der Waals surface area contributed by atoms with Gasteiger partial charge >= 0.3 is 12.0 Å². The highest BCUT2D eigenvalue weighted by atomic mass is 16.5. The molecule has 0 unspecified atom stereocenters. The van der Waals surface area contributed by atoms with Crippen LogP contribution in [0, 0.1) is 0 Å². The van der Waals surface area contributed by atoms with Gasteiger partial charge in [0.15, 0.2) is 5.82 Å². The topological polar surface area (TPSA) is 111 Å². The third-order valence-corrected chi connectivity index (χ3v) is 6.21. The minimum absolute atomic E-state index is 0.397. The summed E-state index contributed by atoms with van der Waals surface area (Å²) in [4.78, 5) is 36.1. The van der Waals surface area contributed by atoms with Crippen LogP contribution in [0.1, 0.15) is 17.3 Å². The van der Waals surface area contributed by atoms with E-state index in [2.05, 4.69) is 37.8 Å². The fraction of sp³-hybridized carbons (Fsp3) is 0.259. The maximum absolute atomic E-state index is 12.5. The normalized spacial score (nSPS) is 13.4. The number of urea groups is 1. The zero-order chi connectivity index (χ0) is 25.8. The number of amides is 2. The molecule has 1 fully saturated rings. The Morgan fingerprint density at radius 3 is 2.22 bits per heavy atom. The first kappa shape index (κ1) is 24.3. The van der Waals surface area contributed by atoms with Gasteiger partial charge in [-0.15, -0.1) is 0 Å². The molecular formula is C27H28N6O4. The number of methoxy groups -OCH3 is 1. The maximum atomic E-state index is 12.5. The number of carbonyl (C=O) groups excluding carboxylic acids is 2. The van der Waals surface area contributed by atoms with E-state index in [1.165, 1.54) is 7.11 Å². The second kappa shape index (κ2) is 10.7. The number of anilines is 3. The Morgan fingerprint density at radius 1 is 0.946 bits per heavy atom. The third kappa shape index (κ3) is 5.24. The van der Waals surface area contributed by atoms with Gasteiger partial charge in [-0.2, -0.15) is 0 Å². The van der Waals surface area contributed by atoms with Gasteiger partial charge in [0.05, 0.1) is 31.3 Å². The van der Waals surface area contributed by atoms with E-state index < -0.39 is 12.0 Å². The standard InChI is InChI=1S/C27H28N6O4/c1-3-32-13-12-22-24(32)30-23(31-25(22)33-14-16-37-17-15-33)18-4-8-20(9-5-18)28-27(35)29-21-10-6-19(7-11-21)26(34)36-2/h4-13H,3,14-17H2,1-2H3,(H2,28,29,35). The van der Waals surface area contributed by atoms with Crippen LogP contribution >= 0.6 is 0 Å². The lowest BCUT2D eigenvalue weighted by Crippen LogP contribution is -2.37. The van der Waals surface area contributed by atoms with Crippen molar-refractivity contribution in [1.29, 1.82) is 0 Å². The van der Waals surface area contributed by atoms with Gasteiger partial charge < -0.3 is 29.6 Å². The Balaban J connectivity index is 1.33. The smallest absolute Gasteiger partial charge is 0.337 e. The number of benzene rings is 2. The van der Waals surface area contributed by atoms with Gasteiger partial charge in [0.25, 0.3) is 0 Å². The number of hydrogen-bond donors (Lipinski definition) is 2. The van der Waals surface area contributed by atoms with E-state index >= 15 is 0 Å². The first-order chi connectivity index (χ1) is 18.1. The number of rotatable bonds is 6. The van der Waals surface area contributed by atoms with Gasteiger partial charge in [-0.3, -0.25) is 0 Å². The summed E-state index contributed by atoms with van der Waals surface area (Å²) in [6.07, 6.45) is 2.04. The molecular weight excluding hydrogens is 472 g/mol. The van der Waals surface area contributed by atoms with Crippen LogP contribution in [0.4, 0.5) is 22.0 Å². The average Bonchev–Trinajstić information content (AvgIpc) is 3.36. The van der Waals surface area contributed by atoms with Crippen molar-refractivity contribution >= 4 is 40.2 Å². The molecule has 0 aliphatic carbocycles. The summed E-state index contributed by atoms with van der Waals surface area (Å²) in [5, 5.41) is 6.59. The summed E-state index contributed by atoms with van der Waals surface area (Å²) in [6, 6.07) is 15.6. The molecule has 0 spiro atoms. The van der Waals surface area contributed by atoms with E-state index in [1.807, 2.05) is 30.5 Å². The number of nitrogens with one attached hydrogen (secondary N) is 2. The Morgan fingerprint density at radius 2 is 1.59 bits per heavy atom. The second-order valence-corrected chi connectivity index (χ2v) is 8.53. The van der Waals surface area contributed by atoms with E-state index in [0.717, 1.165) is 42.0 Å². The van der Waals surface area contributed by atoms with Crippen molar-refractivity contribution in [3.8, 4) is 11.4 Å². The van der Waals surface area contributed by atoms with Gasteiger partial charge in [-0.1, -0.05) is 0 Å². The quantitative estimate of drug-likeness (QED) is 0.378. The van der Waals surface area contributed by atoms with Crippen LogP contribution < -0.4 is 15.5 Å². The number of aryl methyl sites for hydroxylation is 1. The van der Waals surface area contributed by atoms with Gasteiger partial charge in [0, 0.05) is 42.8 Å². The monoisotopic (exact) mass is 500 g/mol. The predicted molar refractivity (Wildman–Crippen MR) is 142 cm³/mol. The summed E-state index contributed by atoms with van der Waals surface area (Å²) in [5.41, 5.74) is 3.34. The van der Waals surface area contributed by atoms with Gasteiger partial charge in [0.1, 0.15) is 11.5 Å². The van der Waals surface area contributed by atoms with Gasteiger partial charge in [-0.25, -0.2) is 19.6 Å². The zero-order valence-corrected chi connectivity index (χ0v) is 20.7. The molecule has 190 valence electrons. The van der Waals surface area contributed by atoms with Crippen LogP contribution in [-0.2, 0) is 16.0 Å². The summed E-state index contributed by atoms with van der Waals surface area (Å²) in [5.74, 6) is 1.11. The number of hydrogen-bond acceptors (Lipinski definition) is 7. The molecule has 0 atom stereocenters. The van der Waals surface area contributed by atoms with Crippen molar-refractivity contribution in [3.05, 3.63) is 66.4 Å². The minimum Gasteiger partial charge on any atom is -0.465 e. The van der Waals surface area contributed by atoms with Crippen molar-refractivity contribution in [2.45, 2.75) is 13.5 Å². The largest absolute Gasteiger partial charge is 0.465 e. The predicted octanol–water partition coefficient (Wildman–Crippen LogP) is 4.39. The first-order valence-electron chi connectivity index (χ1n) is 12.1. The van der Waals surface area contributed by atoms with Gasteiger partial charge in [0.2, 0.25) is 0 Å². The number of aromatic nitrogens is 3. The lowest BCUT2D eigenvalue weighted by Gasteiger charge is -2.28. The van der Waals surface area contributed by atoms with Crippen molar-refractivity contribution in [2.24, 2.45) is 0 Å². The van der Waals surface area contributed by atoms with Crippen LogP contribution in [-0.4, -0.2) is 59.9 Å². The SMILES string of the molecule is CCn1ccc2c(N3CCOCC3)nc(-c3ccc(NC(=O)Nc4ccc(C(=O)OC)cc4)cc3)nc21. The molecule has 1 aliphatic rings. The number of nitrogens with zero attached hydrogens (tertiary/aromatic N) is 4. The van der Waals surface area contributed by atoms with Crippen LogP contribution in [0.3, 0.4) is 0 Å². The molecule has 1 saturated heterocycles. The molecule has 37 heavy (non-hydrogen) atoms. The molecule has 2 amide bonds. The molecule has 5 rings (SSSR count). The molecule has 3 heterocycles. The fourth-order valence-electron chi connectivity index (χ4n) is 4.25. The third-order valence-electron chi connectivity index (χ3n) is 6.21. The Kier molecular flexibility index (Phi) is 7.00. The fourth-order valence-corrected chi connectivity index (χ4v) is 4.25. The van der Waals surface area contributed by atoms with E-state index in [0.29, 0.717) is 36.0 Å². The number of ether oxygens (including phenoxy) is 2. The maximum Gasteiger partial charge on any atom is 0.337 e. The van der Waals surface area contributed by atoms with E-state index in [4.69, 9.17) is 14.7 Å². The van der Waals surface area contributed by atoms with Crippen molar-refractivity contribution < 1.29 is 19.1 Å². The molecule has 4 aromatic rings. The Hall–Kier alpha value is -4.44. The number of carbonyl (C=O) groups is 2. The molecule has 10 nitrogen and oxygen atoms in total. The van der Waals surface area contributed by atoms with Crippen molar-refractivity contribution in [2.75, 3.05) is 48.9 Å². The highest BCUT2D eigenvalue weighted by molar-refractivity contribution is 6.00. The molecule has 2 aromatic heterocycles. The number of morpholine rings is 1. The molecule has 2 N–H and O–H groups in total. The minimum atomic E-state index is -0.431. The lowest BCUT2D eigenvalue weighted by molar-refractivity contribution is 0.0600. The Labute approximate surface area is 214 Å². The van der Waals surface area contributed by atoms with E-state index in [1.54, 1.807) is 24.3 Å². The van der Waals surface area contributed by atoms with Gasteiger partial charge in [-0.05, 0) is 61.5 Å². The summed E-state index contributed by atoms with van der Waals surface area (Å²) in [6.45, 7) is 5.82. The molecule has 2 aromatic carbocycles. The van der Waals surface area contributed by atoms with E-state index in [9.17, 15) is 9.59 Å².